The second kappa shape index (κ2) is 4.70. The molecule has 100 valence electrons. The summed E-state index contributed by atoms with van der Waals surface area (Å²) in [5.74, 6) is 0.582. The first-order valence-corrected chi connectivity index (χ1v) is 6.30. The van der Waals surface area contributed by atoms with Gasteiger partial charge in [0, 0.05) is 17.8 Å². The van der Waals surface area contributed by atoms with Gasteiger partial charge >= 0.3 is 0 Å². The molecule has 0 saturated carbocycles. The molecule has 3 rings (SSSR count). The third-order valence-electron chi connectivity index (χ3n) is 2.55. The van der Waals surface area contributed by atoms with Crippen molar-refractivity contribution in [2.75, 3.05) is 5.73 Å². The first kappa shape index (κ1) is 12.2. The maximum atomic E-state index is 10.8. The van der Waals surface area contributed by atoms with Crippen LogP contribution in [-0.2, 0) is 0 Å². The van der Waals surface area contributed by atoms with E-state index in [1.807, 2.05) is 0 Å². The van der Waals surface area contributed by atoms with Gasteiger partial charge in [0.1, 0.15) is 5.69 Å². The number of benzene rings is 1. The van der Waals surface area contributed by atoms with E-state index in [2.05, 4.69) is 15.1 Å². The smallest absolute Gasteiger partial charge is 0.292 e. The fourth-order valence-electron chi connectivity index (χ4n) is 1.60. The van der Waals surface area contributed by atoms with Crippen molar-refractivity contribution in [2.24, 2.45) is 0 Å². The van der Waals surface area contributed by atoms with Crippen LogP contribution in [0.25, 0.3) is 22.2 Å². The van der Waals surface area contributed by atoms with Crippen molar-refractivity contribution in [3.05, 3.63) is 40.0 Å². The van der Waals surface area contributed by atoms with E-state index in [0.29, 0.717) is 11.4 Å². The van der Waals surface area contributed by atoms with Gasteiger partial charge < -0.3 is 10.3 Å². The zero-order chi connectivity index (χ0) is 14.1. The Morgan fingerprint density at radius 2 is 2.25 bits per heavy atom. The number of nitrogens with two attached hydrogens (primary N) is 1. The third-order valence-corrected chi connectivity index (χ3v) is 3.32. The highest BCUT2D eigenvalue weighted by atomic mass is 32.1. The van der Waals surface area contributed by atoms with E-state index in [9.17, 15) is 10.1 Å². The number of anilines is 1. The second-order valence-corrected chi connectivity index (χ2v) is 4.71. The zero-order valence-electron chi connectivity index (χ0n) is 9.89. The Bertz CT molecular complexity index is 768. The molecular weight excluding hydrogens is 282 g/mol. The molecule has 0 spiro atoms. The molecule has 0 aliphatic rings. The van der Waals surface area contributed by atoms with Crippen molar-refractivity contribution in [1.29, 1.82) is 0 Å². The van der Waals surface area contributed by atoms with Crippen LogP contribution in [0, 0.1) is 10.1 Å². The molecule has 1 aromatic carbocycles. The summed E-state index contributed by atoms with van der Waals surface area (Å²) in [6.07, 6.45) is 1.62. The van der Waals surface area contributed by atoms with Gasteiger partial charge in [0.2, 0.25) is 5.82 Å². The van der Waals surface area contributed by atoms with Crippen molar-refractivity contribution < 1.29 is 9.45 Å². The van der Waals surface area contributed by atoms with Gasteiger partial charge in [-0.25, -0.2) is 0 Å². The predicted molar refractivity (Wildman–Crippen MR) is 71.9 cm³/mol. The van der Waals surface area contributed by atoms with Gasteiger partial charge in [0.25, 0.3) is 11.6 Å². The van der Waals surface area contributed by atoms with Crippen LogP contribution in [0.15, 0.2) is 34.4 Å². The van der Waals surface area contributed by atoms with E-state index in [4.69, 9.17) is 10.3 Å². The molecule has 0 aliphatic heterocycles. The molecule has 8 nitrogen and oxygen atoms in total. The highest BCUT2D eigenvalue weighted by Gasteiger charge is 2.17. The number of nitro benzene ring substituents is 1. The van der Waals surface area contributed by atoms with Gasteiger partial charge in [-0.2, -0.15) is 4.98 Å². The predicted octanol–water partition coefficient (Wildman–Crippen LogP) is 2.35. The molecule has 9 heteroatoms. The molecule has 0 amide bonds. The van der Waals surface area contributed by atoms with E-state index in [1.54, 1.807) is 17.8 Å². The lowest BCUT2D eigenvalue weighted by molar-refractivity contribution is -0.383. The summed E-state index contributed by atoms with van der Waals surface area (Å²) >= 11 is 1.37. The standard InChI is InChI=1S/C11H7N5O3S/c12-7-2-1-6(3-8(7)16(17)18)11-14-10(15-19-11)9-4-13-5-20-9/h1-5H,12H2. The summed E-state index contributed by atoms with van der Waals surface area (Å²) in [7, 11) is 0. The molecule has 0 saturated heterocycles. The Labute approximate surface area is 116 Å². The fourth-order valence-corrected chi connectivity index (χ4v) is 2.15. The number of nitrogens with zero attached hydrogens (tertiary/aromatic N) is 4. The maximum absolute atomic E-state index is 10.8. The number of nitrogen functional groups attached to an aromatic ring is 1. The molecule has 0 radical (unpaired) electrons. The summed E-state index contributed by atoms with van der Waals surface area (Å²) in [4.78, 5) is 19.2. The van der Waals surface area contributed by atoms with Crippen LogP contribution in [0.1, 0.15) is 0 Å². The first-order chi connectivity index (χ1) is 9.65. The normalized spacial score (nSPS) is 10.6. The minimum Gasteiger partial charge on any atom is -0.393 e. The Balaban J connectivity index is 2.02. The Hall–Kier alpha value is -2.81. The fraction of sp³-hybridized carbons (Fsp3) is 0. The molecule has 0 atom stereocenters. The lowest BCUT2D eigenvalue weighted by Crippen LogP contribution is -1.95. The molecule has 0 fully saturated rings. The minimum atomic E-state index is -0.556. The first-order valence-electron chi connectivity index (χ1n) is 5.42. The lowest BCUT2D eigenvalue weighted by atomic mass is 10.2. The summed E-state index contributed by atoms with van der Waals surface area (Å²) < 4.78 is 5.10. The second-order valence-electron chi connectivity index (χ2n) is 3.82. The van der Waals surface area contributed by atoms with Crippen molar-refractivity contribution in [2.45, 2.75) is 0 Å². The highest BCUT2D eigenvalue weighted by Crippen LogP contribution is 2.29. The van der Waals surface area contributed by atoms with Crippen LogP contribution in [0.3, 0.4) is 0 Å². The maximum Gasteiger partial charge on any atom is 0.292 e. The molecule has 0 unspecified atom stereocenters. The van der Waals surface area contributed by atoms with Crippen molar-refractivity contribution in [3.8, 4) is 22.2 Å². The van der Waals surface area contributed by atoms with E-state index < -0.39 is 4.92 Å². The average molecular weight is 289 g/mol. The van der Waals surface area contributed by atoms with Gasteiger partial charge in [-0.05, 0) is 12.1 Å². The summed E-state index contributed by atoms with van der Waals surface area (Å²) in [6.45, 7) is 0. The van der Waals surface area contributed by atoms with Gasteiger partial charge in [0.15, 0.2) is 0 Å². The topological polar surface area (TPSA) is 121 Å². The SMILES string of the molecule is Nc1ccc(-c2nc(-c3cncs3)no2)cc1[N+](=O)[O-]. The van der Waals surface area contributed by atoms with Crippen molar-refractivity contribution in [1.82, 2.24) is 15.1 Å². The van der Waals surface area contributed by atoms with Crippen LogP contribution in [0.5, 0.6) is 0 Å². The Morgan fingerprint density at radius 1 is 1.40 bits per heavy atom. The summed E-state index contributed by atoms with van der Waals surface area (Å²) in [6, 6.07) is 4.33. The van der Waals surface area contributed by atoms with Gasteiger partial charge in [-0.15, -0.1) is 11.3 Å². The number of rotatable bonds is 3. The number of hydrogen-bond acceptors (Lipinski definition) is 8. The third kappa shape index (κ3) is 2.10. The monoisotopic (exact) mass is 289 g/mol. The van der Waals surface area contributed by atoms with Crippen LogP contribution in [0.4, 0.5) is 11.4 Å². The molecule has 0 aliphatic carbocycles. The van der Waals surface area contributed by atoms with Crippen molar-refractivity contribution in [3.63, 3.8) is 0 Å². The van der Waals surface area contributed by atoms with Gasteiger partial charge in [0.05, 0.1) is 15.3 Å². The lowest BCUT2D eigenvalue weighted by Gasteiger charge is -1.98. The largest absolute Gasteiger partial charge is 0.393 e. The summed E-state index contributed by atoms with van der Waals surface area (Å²) in [5, 5.41) is 14.7. The molecular formula is C11H7N5O3S. The molecule has 3 aromatic rings. The molecule has 2 heterocycles. The van der Waals surface area contributed by atoms with E-state index in [-0.39, 0.29) is 17.3 Å². The van der Waals surface area contributed by atoms with E-state index in [1.165, 1.54) is 23.5 Å². The summed E-state index contributed by atoms with van der Waals surface area (Å²) in [5.41, 5.74) is 7.52. The Morgan fingerprint density at radius 3 is 2.95 bits per heavy atom. The number of nitro groups is 1. The van der Waals surface area contributed by atoms with E-state index >= 15 is 0 Å². The van der Waals surface area contributed by atoms with Gasteiger partial charge in [-0.3, -0.25) is 15.1 Å². The molecule has 0 bridgehead atoms. The average Bonchev–Trinajstić information content (AvgIpc) is 3.09. The number of hydrogen-bond donors (Lipinski definition) is 1. The van der Waals surface area contributed by atoms with Crippen LogP contribution in [-0.4, -0.2) is 20.0 Å². The zero-order valence-corrected chi connectivity index (χ0v) is 10.7. The number of aromatic nitrogens is 3. The van der Waals surface area contributed by atoms with Crippen LogP contribution in [0.2, 0.25) is 0 Å². The highest BCUT2D eigenvalue weighted by molar-refractivity contribution is 7.13. The van der Waals surface area contributed by atoms with Crippen molar-refractivity contribution >= 4 is 22.7 Å². The van der Waals surface area contributed by atoms with Crippen LogP contribution >= 0.6 is 11.3 Å². The number of thiazole rings is 1. The van der Waals surface area contributed by atoms with Crippen LogP contribution < -0.4 is 5.73 Å². The molecule has 2 aromatic heterocycles. The quantitative estimate of drug-likeness (QED) is 0.446. The Kier molecular flexibility index (Phi) is 2.88. The minimum absolute atomic E-state index is 0.0842. The molecule has 2 N–H and O–H groups in total. The van der Waals surface area contributed by atoms with Gasteiger partial charge in [-0.1, -0.05) is 5.16 Å². The molecule has 20 heavy (non-hydrogen) atoms. The van der Waals surface area contributed by atoms with E-state index in [0.717, 1.165) is 4.88 Å².